The summed E-state index contributed by atoms with van der Waals surface area (Å²) in [5, 5.41) is 11.5. The molecule has 17 heavy (non-hydrogen) atoms. The van der Waals surface area contributed by atoms with Gasteiger partial charge in [-0.2, -0.15) is 0 Å². The summed E-state index contributed by atoms with van der Waals surface area (Å²) < 4.78 is 0.842. The van der Waals surface area contributed by atoms with Crippen LogP contribution in [0.1, 0.15) is 18.5 Å². The molecule has 0 bridgehead atoms. The lowest BCUT2D eigenvalue weighted by atomic mass is 10.1. The number of anilines is 1. The number of aryl methyl sites for hydroxylation is 1. The fourth-order valence-corrected chi connectivity index (χ4v) is 1.73. The van der Waals surface area contributed by atoms with Gasteiger partial charge >= 0.3 is 5.97 Å². The first-order valence-electron chi connectivity index (χ1n) is 5.14. The molecule has 0 radical (unpaired) electrons. The van der Waals surface area contributed by atoms with Gasteiger partial charge in [-0.3, -0.25) is 9.59 Å². The zero-order chi connectivity index (χ0) is 12.6. The molecule has 0 atom stereocenters. The van der Waals surface area contributed by atoms with Crippen LogP contribution in [0.25, 0.3) is 0 Å². The Hall–Kier alpha value is -1.43. The van der Waals surface area contributed by atoms with Gasteiger partial charge in [-0.1, -0.05) is 0 Å². The van der Waals surface area contributed by atoms with Crippen molar-refractivity contribution < 1.29 is 14.7 Å². The van der Waals surface area contributed by atoms with Crippen molar-refractivity contribution in [3.05, 3.63) is 22.3 Å². The number of hydrogen-bond donors (Lipinski definition) is 2. The van der Waals surface area contributed by atoms with Gasteiger partial charge in [-0.15, -0.1) is 0 Å². The average molecular weight is 299 g/mol. The average Bonchev–Trinajstić information content (AvgIpc) is 3.04. The van der Waals surface area contributed by atoms with Gasteiger partial charge in [0.15, 0.2) is 0 Å². The molecule has 90 valence electrons. The van der Waals surface area contributed by atoms with E-state index >= 15 is 0 Å². The highest BCUT2D eigenvalue weighted by atomic mass is 79.9. The van der Waals surface area contributed by atoms with Crippen LogP contribution in [-0.2, 0) is 9.59 Å². The number of carboxylic acids is 1. The lowest BCUT2D eigenvalue weighted by Gasteiger charge is -2.10. The minimum absolute atomic E-state index is 0.378. The standard InChI is InChI=1S/C11H11BrN2O3/c1-6-7(12)2-3-8(13-6)14-9(15)11(4-5-11)10(16)17/h2-3H,4-5H2,1H3,(H,16,17)(H,13,14,15). The Bertz CT molecular complexity index is 497. The Kier molecular flexibility index (Phi) is 2.91. The molecule has 1 aromatic heterocycles. The third kappa shape index (κ3) is 2.17. The highest BCUT2D eigenvalue weighted by molar-refractivity contribution is 9.10. The molecule has 1 fully saturated rings. The molecule has 1 aliphatic carbocycles. The summed E-state index contributed by atoms with van der Waals surface area (Å²) in [5.41, 5.74) is -0.495. The van der Waals surface area contributed by atoms with Gasteiger partial charge < -0.3 is 10.4 Å². The molecule has 0 saturated heterocycles. The smallest absolute Gasteiger partial charge is 0.319 e. The quantitative estimate of drug-likeness (QED) is 0.836. The van der Waals surface area contributed by atoms with E-state index in [9.17, 15) is 9.59 Å². The molecule has 6 heteroatoms. The van der Waals surface area contributed by atoms with Crippen LogP contribution in [0.2, 0.25) is 0 Å². The third-order valence-corrected chi connectivity index (χ3v) is 3.70. The molecule has 2 N–H and O–H groups in total. The number of halogens is 1. The first-order valence-corrected chi connectivity index (χ1v) is 5.93. The van der Waals surface area contributed by atoms with E-state index in [-0.39, 0.29) is 0 Å². The number of amides is 1. The maximum Gasteiger partial charge on any atom is 0.319 e. The normalized spacial score (nSPS) is 16.4. The first-order chi connectivity index (χ1) is 7.95. The Morgan fingerprint density at radius 2 is 2.12 bits per heavy atom. The summed E-state index contributed by atoms with van der Waals surface area (Å²) >= 11 is 3.30. The maximum absolute atomic E-state index is 11.8. The van der Waals surface area contributed by atoms with Crippen LogP contribution in [0.3, 0.4) is 0 Å². The van der Waals surface area contributed by atoms with Gasteiger partial charge in [0.05, 0.1) is 5.69 Å². The lowest BCUT2D eigenvalue weighted by molar-refractivity contribution is -0.147. The second-order valence-corrected chi connectivity index (χ2v) is 4.96. The number of carbonyl (C=O) groups is 2. The fraction of sp³-hybridized carbons (Fsp3) is 0.364. The lowest BCUT2D eigenvalue weighted by Crippen LogP contribution is -2.31. The van der Waals surface area contributed by atoms with Crippen molar-refractivity contribution in [1.82, 2.24) is 4.98 Å². The highest BCUT2D eigenvalue weighted by Gasteiger charge is 2.57. The van der Waals surface area contributed by atoms with E-state index in [0.717, 1.165) is 10.2 Å². The zero-order valence-electron chi connectivity index (χ0n) is 9.16. The number of aliphatic carboxylic acids is 1. The molecule has 1 heterocycles. The number of hydrogen-bond acceptors (Lipinski definition) is 3. The van der Waals surface area contributed by atoms with Gasteiger partial charge in [0.1, 0.15) is 11.2 Å². The Morgan fingerprint density at radius 1 is 1.47 bits per heavy atom. The molecular weight excluding hydrogens is 288 g/mol. The van der Waals surface area contributed by atoms with Gasteiger partial charge in [0, 0.05) is 4.47 Å². The van der Waals surface area contributed by atoms with Crippen LogP contribution in [0, 0.1) is 12.3 Å². The fourth-order valence-electron chi connectivity index (χ4n) is 1.51. The SMILES string of the molecule is Cc1nc(NC(=O)C2(C(=O)O)CC2)ccc1Br. The minimum atomic E-state index is -1.23. The van der Waals surface area contributed by atoms with Crippen LogP contribution in [0.4, 0.5) is 5.82 Å². The first kappa shape index (κ1) is 12.0. The summed E-state index contributed by atoms with van der Waals surface area (Å²) in [6.45, 7) is 1.80. The summed E-state index contributed by atoms with van der Waals surface area (Å²) in [7, 11) is 0. The molecule has 1 aromatic rings. The van der Waals surface area contributed by atoms with E-state index in [4.69, 9.17) is 5.11 Å². The van der Waals surface area contributed by atoms with Gasteiger partial charge in [-0.25, -0.2) is 4.98 Å². The molecule has 1 saturated carbocycles. The molecule has 5 nitrogen and oxygen atoms in total. The van der Waals surface area contributed by atoms with Gasteiger partial charge in [0.2, 0.25) is 5.91 Å². The van der Waals surface area contributed by atoms with E-state index in [1.165, 1.54) is 0 Å². The minimum Gasteiger partial charge on any atom is -0.480 e. The van der Waals surface area contributed by atoms with E-state index in [1.807, 2.05) is 0 Å². The molecule has 1 amide bonds. The van der Waals surface area contributed by atoms with Crippen molar-refractivity contribution in [3.63, 3.8) is 0 Å². The van der Waals surface area contributed by atoms with E-state index in [0.29, 0.717) is 18.7 Å². The predicted molar refractivity (Wildman–Crippen MR) is 64.6 cm³/mol. The van der Waals surface area contributed by atoms with Crippen LogP contribution >= 0.6 is 15.9 Å². The van der Waals surface area contributed by atoms with Crippen molar-refractivity contribution in [2.45, 2.75) is 19.8 Å². The van der Waals surface area contributed by atoms with Crippen LogP contribution in [-0.4, -0.2) is 22.0 Å². The number of pyridine rings is 1. The molecule has 2 rings (SSSR count). The molecule has 0 aromatic carbocycles. The van der Waals surface area contributed by atoms with Crippen molar-refractivity contribution in [2.24, 2.45) is 5.41 Å². The van der Waals surface area contributed by atoms with E-state index in [2.05, 4.69) is 26.2 Å². The second-order valence-electron chi connectivity index (χ2n) is 4.11. The molecule has 0 aliphatic heterocycles. The number of carbonyl (C=O) groups excluding carboxylic acids is 1. The third-order valence-electron chi connectivity index (χ3n) is 2.86. The van der Waals surface area contributed by atoms with E-state index < -0.39 is 17.3 Å². The number of rotatable bonds is 3. The van der Waals surface area contributed by atoms with E-state index in [1.54, 1.807) is 19.1 Å². The van der Waals surface area contributed by atoms with Crippen molar-refractivity contribution in [1.29, 1.82) is 0 Å². The Labute approximate surface area is 106 Å². The number of nitrogens with one attached hydrogen (secondary N) is 1. The molecule has 1 aliphatic rings. The number of aromatic nitrogens is 1. The zero-order valence-corrected chi connectivity index (χ0v) is 10.7. The predicted octanol–water partition coefficient (Wildman–Crippen LogP) is 1.96. The Balaban J connectivity index is 2.14. The van der Waals surface area contributed by atoms with Crippen LogP contribution < -0.4 is 5.32 Å². The van der Waals surface area contributed by atoms with Crippen LogP contribution in [0.5, 0.6) is 0 Å². The summed E-state index contributed by atoms with van der Waals surface area (Å²) in [4.78, 5) is 26.9. The largest absolute Gasteiger partial charge is 0.480 e. The van der Waals surface area contributed by atoms with Gasteiger partial charge in [0.25, 0.3) is 0 Å². The van der Waals surface area contributed by atoms with Gasteiger partial charge in [-0.05, 0) is 47.8 Å². The highest BCUT2D eigenvalue weighted by Crippen LogP contribution is 2.46. The van der Waals surface area contributed by atoms with Crippen molar-refractivity contribution in [3.8, 4) is 0 Å². The van der Waals surface area contributed by atoms with Crippen molar-refractivity contribution in [2.75, 3.05) is 5.32 Å². The maximum atomic E-state index is 11.8. The monoisotopic (exact) mass is 298 g/mol. The topological polar surface area (TPSA) is 79.3 Å². The molecule has 0 spiro atoms. The summed E-state index contributed by atoms with van der Waals surface area (Å²) in [5.74, 6) is -1.17. The Morgan fingerprint density at radius 3 is 2.59 bits per heavy atom. The van der Waals surface area contributed by atoms with Crippen LogP contribution in [0.15, 0.2) is 16.6 Å². The summed E-state index contributed by atoms with van der Waals surface area (Å²) in [6.07, 6.45) is 0.785. The van der Waals surface area contributed by atoms with Crippen molar-refractivity contribution >= 4 is 33.6 Å². The molecular formula is C11H11BrN2O3. The molecule has 0 unspecified atom stereocenters. The second kappa shape index (κ2) is 4.10. The number of carboxylic acid groups (broad SMARTS) is 1. The number of nitrogens with zero attached hydrogens (tertiary/aromatic N) is 1. The summed E-state index contributed by atoms with van der Waals surface area (Å²) in [6, 6.07) is 3.39.